The van der Waals surface area contributed by atoms with Gasteiger partial charge in [-0.3, -0.25) is 9.52 Å². The van der Waals surface area contributed by atoms with Gasteiger partial charge in [-0.1, -0.05) is 83.9 Å². The molecule has 7 heteroatoms. The standard InChI is InChI=1S/C28H25ClN2O3S/c1-19-11-13-22(14-12-19)27(21-8-4-3-5-9-21)30-28(32)23-15-16-25(29)26(18-23)35(33,34)31-24-10-6-7-20(2)17-24/h3-18,27,31H,1-2H3,(H,30,32). The van der Waals surface area contributed by atoms with Crippen molar-refractivity contribution in [1.82, 2.24) is 5.32 Å². The third-order valence-electron chi connectivity index (χ3n) is 5.57. The Morgan fingerprint density at radius 2 is 1.46 bits per heavy atom. The number of rotatable bonds is 7. The Bertz CT molecular complexity index is 1450. The molecule has 1 amide bonds. The van der Waals surface area contributed by atoms with Crippen molar-refractivity contribution in [3.63, 3.8) is 0 Å². The smallest absolute Gasteiger partial charge is 0.263 e. The van der Waals surface area contributed by atoms with Crippen LogP contribution in [0, 0.1) is 13.8 Å². The van der Waals surface area contributed by atoms with Gasteiger partial charge in [0.05, 0.1) is 11.1 Å². The summed E-state index contributed by atoms with van der Waals surface area (Å²) in [7, 11) is -4.02. The molecule has 178 valence electrons. The van der Waals surface area contributed by atoms with Gasteiger partial charge in [0.15, 0.2) is 0 Å². The lowest BCUT2D eigenvalue weighted by Gasteiger charge is -2.20. The Morgan fingerprint density at radius 1 is 0.771 bits per heavy atom. The van der Waals surface area contributed by atoms with Crippen LogP contribution in [0.3, 0.4) is 0 Å². The monoisotopic (exact) mass is 504 g/mol. The van der Waals surface area contributed by atoms with Crippen LogP contribution in [0.1, 0.15) is 38.7 Å². The predicted molar refractivity (Wildman–Crippen MR) is 140 cm³/mol. The van der Waals surface area contributed by atoms with Gasteiger partial charge in [-0.2, -0.15) is 0 Å². The second-order valence-corrected chi connectivity index (χ2v) is 10.4. The molecule has 4 aromatic rings. The highest BCUT2D eigenvalue weighted by Gasteiger charge is 2.23. The third-order valence-corrected chi connectivity index (χ3v) is 7.44. The Labute approximate surface area is 210 Å². The Balaban J connectivity index is 1.65. The third kappa shape index (κ3) is 5.91. The number of amides is 1. The van der Waals surface area contributed by atoms with E-state index in [-0.39, 0.29) is 15.5 Å². The molecule has 2 N–H and O–H groups in total. The number of hydrogen-bond acceptors (Lipinski definition) is 3. The second kappa shape index (κ2) is 10.3. The number of anilines is 1. The molecule has 35 heavy (non-hydrogen) atoms. The zero-order valence-corrected chi connectivity index (χ0v) is 20.9. The van der Waals surface area contributed by atoms with E-state index >= 15 is 0 Å². The number of nitrogens with one attached hydrogen (secondary N) is 2. The molecule has 0 heterocycles. The summed E-state index contributed by atoms with van der Waals surface area (Å²) < 4.78 is 28.7. The van der Waals surface area contributed by atoms with E-state index < -0.39 is 22.0 Å². The molecular weight excluding hydrogens is 480 g/mol. The Hall–Kier alpha value is -3.61. The highest BCUT2D eigenvalue weighted by molar-refractivity contribution is 7.92. The fraction of sp³-hybridized carbons (Fsp3) is 0.107. The normalized spacial score (nSPS) is 12.1. The van der Waals surface area contributed by atoms with Crippen molar-refractivity contribution in [2.45, 2.75) is 24.8 Å². The van der Waals surface area contributed by atoms with Crippen LogP contribution in [0.4, 0.5) is 5.69 Å². The van der Waals surface area contributed by atoms with Gasteiger partial charge in [-0.25, -0.2) is 8.42 Å². The summed E-state index contributed by atoms with van der Waals surface area (Å²) >= 11 is 6.24. The molecule has 0 aliphatic carbocycles. The maximum Gasteiger partial charge on any atom is 0.263 e. The SMILES string of the molecule is Cc1ccc(C(NC(=O)c2ccc(Cl)c(S(=O)(=O)Nc3cccc(C)c3)c2)c2ccccc2)cc1. The van der Waals surface area contributed by atoms with Crippen molar-refractivity contribution in [2.75, 3.05) is 4.72 Å². The van der Waals surface area contributed by atoms with Crippen molar-refractivity contribution in [1.29, 1.82) is 0 Å². The number of aryl methyl sites for hydroxylation is 2. The topological polar surface area (TPSA) is 75.3 Å². The molecule has 0 fully saturated rings. The van der Waals surface area contributed by atoms with Crippen LogP contribution in [-0.4, -0.2) is 14.3 Å². The zero-order valence-electron chi connectivity index (χ0n) is 19.3. The van der Waals surface area contributed by atoms with Crippen molar-refractivity contribution in [2.24, 2.45) is 0 Å². The molecule has 1 atom stereocenters. The van der Waals surface area contributed by atoms with Crippen LogP contribution in [0.2, 0.25) is 5.02 Å². The minimum atomic E-state index is -4.02. The van der Waals surface area contributed by atoms with Gasteiger partial charge in [-0.15, -0.1) is 0 Å². The fourth-order valence-corrected chi connectivity index (χ4v) is 5.32. The molecule has 0 bridgehead atoms. The van der Waals surface area contributed by atoms with E-state index in [4.69, 9.17) is 11.6 Å². The fourth-order valence-electron chi connectivity index (χ4n) is 3.75. The van der Waals surface area contributed by atoms with E-state index in [9.17, 15) is 13.2 Å². The molecular formula is C28H25ClN2O3S. The van der Waals surface area contributed by atoms with Crippen molar-refractivity contribution in [3.8, 4) is 0 Å². The zero-order chi connectivity index (χ0) is 25.0. The quantitative estimate of drug-likeness (QED) is 0.311. The van der Waals surface area contributed by atoms with Gasteiger partial charge in [0.1, 0.15) is 4.90 Å². The summed E-state index contributed by atoms with van der Waals surface area (Å²) in [5, 5.41) is 3.07. The van der Waals surface area contributed by atoms with Crippen LogP contribution < -0.4 is 10.0 Å². The average Bonchev–Trinajstić information content (AvgIpc) is 2.83. The minimum absolute atomic E-state index is 0.0276. The number of benzene rings is 4. The molecule has 0 spiro atoms. The van der Waals surface area contributed by atoms with Crippen molar-refractivity contribution in [3.05, 3.63) is 130 Å². The highest BCUT2D eigenvalue weighted by Crippen LogP contribution is 2.27. The maximum absolute atomic E-state index is 13.3. The molecule has 0 aromatic heterocycles. The van der Waals surface area contributed by atoms with Crippen LogP contribution in [0.15, 0.2) is 102 Å². The summed E-state index contributed by atoms with van der Waals surface area (Å²) in [6.45, 7) is 3.87. The first-order valence-electron chi connectivity index (χ1n) is 11.0. The van der Waals surface area contributed by atoms with Gasteiger partial charge in [0, 0.05) is 11.3 Å². The molecule has 0 aliphatic heterocycles. The summed E-state index contributed by atoms with van der Waals surface area (Å²) in [6.07, 6.45) is 0. The number of hydrogen-bond donors (Lipinski definition) is 2. The average molecular weight is 505 g/mol. The summed E-state index contributed by atoms with van der Waals surface area (Å²) in [5.41, 5.74) is 4.45. The second-order valence-electron chi connectivity index (χ2n) is 8.35. The van der Waals surface area contributed by atoms with Gasteiger partial charge in [0.25, 0.3) is 15.9 Å². The van der Waals surface area contributed by atoms with E-state index in [1.807, 2.05) is 74.5 Å². The molecule has 1 unspecified atom stereocenters. The molecule has 0 radical (unpaired) electrons. The predicted octanol–water partition coefficient (Wildman–Crippen LogP) is 6.28. The molecule has 4 aromatic carbocycles. The Kier molecular flexibility index (Phi) is 7.24. The summed E-state index contributed by atoms with van der Waals surface area (Å²) in [5.74, 6) is -0.414. The van der Waals surface area contributed by atoms with Gasteiger partial charge in [-0.05, 0) is 60.9 Å². The van der Waals surface area contributed by atoms with Gasteiger partial charge >= 0.3 is 0 Å². The molecule has 4 rings (SSSR count). The van der Waals surface area contributed by atoms with Crippen molar-refractivity contribution < 1.29 is 13.2 Å². The summed E-state index contributed by atoms with van der Waals surface area (Å²) in [4.78, 5) is 13.1. The van der Waals surface area contributed by atoms with Crippen molar-refractivity contribution >= 4 is 33.2 Å². The van der Waals surface area contributed by atoms with E-state index in [1.54, 1.807) is 18.2 Å². The van der Waals surface area contributed by atoms with Gasteiger partial charge < -0.3 is 5.32 Å². The lowest BCUT2D eigenvalue weighted by Crippen LogP contribution is -2.29. The lowest BCUT2D eigenvalue weighted by atomic mass is 9.97. The number of carbonyl (C=O) groups excluding carboxylic acids is 1. The highest BCUT2D eigenvalue weighted by atomic mass is 35.5. The van der Waals surface area contributed by atoms with Crippen LogP contribution in [0.25, 0.3) is 0 Å². The lowest BCUT2D eigenvalue weighted by molar-refractivity contribution is 0.0942. The van der Waals surface area contributed by atoms with E-state index in [0.29, 0.717) is 5.69 Å². The molecule has 0 aliphatic rings. The van der Waals surface area contributed by atoms with Crippen LogP contribution in [-0.2, 0) is 10.0 Å². The first kappa shape index (κ1) is 24.5. The van der Waals surface area contributed by atoms with E-state index in [1.165, 1.54) is 18.2 Å². The molecule has 5 nitrogen and oxygen atoms in total. The van der Waals surface area contributed by atoms with Crippen LogP contribution >= 0.6 is 11.6 Å². The summed E-state index contributed by atoms with van der Waals surface area (Å²) in [6, 6.07) is 28.3. The maximum atomic E-state index is 13.3. The first-order chi connectivity index (χ1) is 16.7. The minimum Gasteiger partial charge on any atom is -0.341 e. The number of sulfonamides is 1. The largest absolute Gasteiger partial charge is 0.341 e. The Morgan fingerprint density at radius 3 is 2.14 bits per heavy atom. The van der Waals surface area contributed by atoms with E-state index in [0.717, 1.165) is 22.3 Å². The number of halogens is 1. The van der Waals surface area contributed by atoms with E-state index in [2.05, 4.69) is 10.0 Å². The molecule has 0 saturated carbocycles. The van der Waals surface area contributed by atoms with Crippen LogP contribution in [0.5, 0.6) is 0 Å². The number of carbonyl (C=O) groups is 1. The molecule has 0 saturated heterocycles. The van der Waals surface area contributed by atoms with Gasteiger partial charge in [0.2, 0.25) is 0 Å². The first-order valence-corrected chi connectivity index (χ1v) is 12.9.